The molecular formula is C10H8ClFO2. The normalized spacial score (nSPS) is 10.7. The van der Waals surface area contributed by atoms with Crippen LogP contribution in [0.3, 0.4) is 0 Å². The molecule has 0 aromatic heterocycles. The van der Waals surface area contributed by atoms with E-state index < -0.39 is 11.8 Å². The fraction of sp³-hybridized carbons (Fsp3) is 0.100. The number of carboxylic acids is 1. The van der Waals surface area contributed by atoms with E-state index in [2.05, 4.69) is 0 Å². The maximum Gasteiger partial charge on any atom is 0.338 e. The van der Waals surface area contributed by atoms with Crippen molar-refractivity contribution in [2.75, 3.05) is 5.88 Å². The Kier molecular flexibility index (Phi) is 3.65. The van der Waals surface area contributed by atoms with E-state index >= 15 is 0 Å². The highest BCUT2D eigenvalue weighted by Crippen LogP contribution is 2.11. The van der Waals surface area contributed by atoms with Crippen molar-refractivity contribution >= 4 is 23.6 Å². The lowest BCUT2D eigenvalue weighted by atomic mass is 10.1. The first-order chi connectivity index (χ1) is 6.65. The van der Waals surface area contributed by atoms with Gasteiger partial charge in [0.05, 0.1) is 5.56 Å². The Balaban J connectivity index is 3.06. The minimum atomic E-state index is -1.27. The van der Waals surface area contributed by atoms with Gasteiger partial charge in [-0.25, -0.2) is 9.18 Å². The molecule has 1 aromatic rings. The second-order valence-corrected chi connectivity index (χ2v) is 2.91. The minimum absolute atomic E-state index is 0.332. The van der Waals surface area contributed by atoms with Crippen molar-refractivity contribution < 1.29 is 14.3 Å². The van der Waals surface area contributed by atoms with Gasteiger partial charge in [-0.2, -0.15) is 0 Å². The number of hydrogen-bond acceptors (Lipinski definition) is 1. The van der Waals surface area contributed by atoms with Gasteiger partial charge in [0, 0.05) is 5.88 Å². The van der Waals surface area contributed by atoms with E-state index in [1.807, 2.05) is 0 Å². The van der Waals surface area contributed by atoms with Crippen LogP contribution in [-0.2, 0) is 0 Å². The van der Waals surface area contributed by atoms with Crippen LogP contribution < -0.4 is 0 Å². The number of carboxylic acid groups (broad SMARTS) is 1. The van der Waals surface area contributed by atoms with Gasteiger partial charge in [0.25, 0.3) is 0 Å². The number of carbonyl (C=O) groups is 1. The van der Waals surface area contributed by atoms with Crippen molar-refractivity contribution in [1.82, 2.24) is 0 Å². The van der Waals surface area contributed by atoms with Crippen molar-refractivity contribution in [3.63, 3.8) is 0 Å². The molecule has 1 rings (SSSR count). The van der Waals surface area contributed by atoms with Crippen LogP contribution in [0.2, 0.25) is 0 Å². The number of hydrogen-bond donors (Lipinski definition) is 1. The van der Waals surface area contributed by atoms with Crippen LogP contribution in [0.15, 0.2) is 24.3 Å². The Bertz CT molecular complexity index is 374. The lowest BCUT2D eigenvalue weighted by molar-refractivity contribution is 0.0692. The predicted molar refractivity (Wildman–Crippen MR) is 53.1 cm³/mol. The summed E-state index contributed by atoms with van der Waals surface area (Å²) < 4.78 is 12.9. The first-order valence-corrected chi connectivity index (χ1v) is 4.44. The molecule has 0 amide bonds. The van der Waals surface area contributed by atoms with E-state index in [-0.39, 0.29) is 5.56 Å². The summed E-state index contributed by atoms with van der Waals surface area (Å²) in [5.41, 5.74) is 0.283. The topological polar surface area (TPSA) is 37.3 Å². The summed E-state index contributed by atoms with van der Waals surface area (Å²) in [5.74, 6) is -1.68. The van der Waals surface area contributed by atoms with Gasteiger partial charge in [0.15, 0.2) is 0 Å². The Morgan fingerprint density at radius 1 is 1.57 bits per heavy atom. The largest absolute Gasteiger partial charge is 0.478 e. The summed E-state index contributed by atoms with van der Waals surface area (Å²) in [5, 5.41) is 8.63. The molecule has 0 unspecified atom stereocenters. The molecule has 2 nitrogen and oxygen atoms in total. The van der Waals surface area contributed by atoms with Gasteiger partial charge in [-0.05, 0) is 17.7 Å². The van der Waals surface area contributed by atoms with E-state index in [1.165, 1.54) is 12.1 Å². The summed E-state index contributed by atoms with van der Waals surface area (Å²) in [6.07, 6.45) is 3.29. The second-order valence-electron chi connectivity index (χ2n) is 2.60. The molecule has 74 valence electrons. The zero-order valence-corrected chi connectivity index (χ0v) is 7.96. The molecule has 0 saturated heterocycles. The van der Waals surface area contributed by atoms with Gasteiger partial charge in [-0.15, -0.1) is 11.6 Å². The quantitative estimate of drug-likeness (QED) is 0.786. The monoisotopic (exact) mass is 214 g/mol. The zero-order valence-electron chi connectivity index (χ0n) is 7.21. The molecule has 0 aliphatic rings. The number of aromatic carboxylic acids is 1. The molecule has 0 aliphatic carbocycles. The van der Waals surface area contributed by atoms with Crippen LogP contribution in [0.4, 0.5) is 4.39 Å². The number of halogens is 2. The van der Waals surface area contributed by atoms with Crippen molar-refractivity contribution in [3.8, 4) is 0 Å². The van der Waals surface area contributed by atoms with Crippen LogP contribution in [0.1, 0.15) is 15.9 Å². The van der Waals surface area contributed by atoms with Gasteiger partial charge in [0.1, 0.15) is 5.82 Å². The number of rotatable bonds is 3. The first kappa shape index (κ1) is 10.7. The fourth-order valence-corrected chi connectivity index (χ4v) is 1.08. The summed E-state index contributed by atoms with van der Waals surface area (Å²) in [6, 6.07) is 3.88. The average molecular weight is 215 g/mol. The third-order valence-corrected chi connectivity index (χ3v) is 1.80. The minimum Gasteiger partial charge on any atom is -0.478 e. The Morgan fingerprint density at radius 3 is 2.86 bits per heavy atom. The summed E-state index contributed by atoms with van der Waals surface area (Å²) >= 11 is 5.41. The van der Waals surface area contributed by atoms with Crippen LogP contribution in [0.5, 0.6) is 0 Å². The number of allylic oxidation sites excluding steroid dienone is 1. The highest BCUT2D eigenvalue weighted by Gasteiger charge is 2.09. The Morgan fingerprint density at radius 2 is 2.29 bits per heavy atom. The molecule has 14 heavy (non-hydrogen) atoms. The average Bonchev–Trinajstić information content (AvgIpc) is 2.16. The van der Waals surface area contributed by atoms with Crippen molar-refractivity contribution in [2.45, 2.75) is 0 Å². The molecule has 0 radical (unpaired) electrons. The standard InChI is InChI=1S/C10H8ClFO2/c11-5-1-2-7-3-4-9(12)8(6-7)10(13)14/h1-4,6H,5H2,(H,13,14). The van der Waals surface area contributed by atoms with Gasteiger partial charge < -0.3 is 5.11 Å². The van der Waals surface area contributed by atoms with Crippen LogP contribution in [0.25, 0.3) is 6.08 Å². The third kappa shape index (κ3) is 2.57. The van der Waals surface area contributed by atoms with Gasteiger partial charge >= 0.3 is 5.97 Å². The van der Waals surface area contributed by atoms with E-state index in [0.717, 1.165) is 6.07 Å². The number of benzene rings is 1. The molecule has 1 aromatic carbocycles. The van der Waals surface area contributed by atoms with Crippen molar-refractivity contribution in [2.24, 2.45) is 0 Å². The molecule has 0 saturated carbocycles. The molecule has 0 aliphatic heterocycles. The molecule has 4 heteroatoms. The molecular weight excluding hydrogens is 207 g/mol. The van der Waals surface area contributed by atoms with Crippen molar-refractivity contribution in [3.05, 3.63) is 41.2 Å². The summed E-state index contributed by atoms with van der Waals surface area (Å²) in [7, 11) is 0. The predicted octanol–water partition coefficient (Wildman–Crippen LogP) is 2.78. The molecule has 0 heterocycles. The Hall–Kier alpha value is -1.35. The van der Waals surface area contributed by atoms with Crippen LogP contribution >= 0.6 is 11.6 Å². The maximum absolute atomic E-state index is 12.9. The fourth-order valence-electron chi connectivity index (χ4n) is 0.991. The lowest BCUT2D eigenvalue weighted by Gasteiger charge is -1.98. The Labute approximate surface area is 85.6 Å². The maximum atomic E-state index is 12.9. The highest BCUT2D eigenvalue weighted by molar-refractivity contribution is 6.19. The van der Waals surface area contributed by atoms with Crippen molar-refractivity contribution in [1.29, 1.82) is 0 Å². The highest BCUT2D eigenvalue weighted by atomic mass is 35.5. The van der Waals surface area contributed by atoms with Gasteiger partial charge in [-0.3, -0.25) is 0 Å². The van der Waals surface area contributed by atoms with E-state index in [4.69, 9.17) is 16.7 Å². The molecule has 0 bridgehead atoms. The molecule has 1 N–H and O–H groups in total. The summed E-state index contributed by atoms with van der Waals surface area (Å²) in [4.78, 5) is 10.6. The second kappa shape index (κ2) is 4.77. The third-order valence-electron chi connectivity index (χ3n) is 1.62. The molecule has 0 spiro atoms. The molecule has 0 fully saturated rings. The number of alkyl halides is 1. The van der Waals surface area contributed by atoms with E-state index in [1.54, 1.807) is 12.2 Å². The van der Waals surface area contributed by atoms with Gasteiger partial charge in [-0.1, -0.05) is 18.2 Å². The smallest absolute Gasteiger partial charge is 0.338 e. The summed E-state index contributed by atoms with van der Waals surface area (Å²) in [6.45, 7) is 0. The van der Waals surface area contributed by atoms with Gasteiger partial charge in [0.2, 0.25) is 0 Å². The van der Waals surface area contributed by atoms with Crippen LogP contribution in [-0.4, -0.2) is 17.0 Å². The first-order valence-electron chi connectivity index (χ1n) is 3.90. The SMILES string of the molecule is O=C(O)c1cc(C=CCCl)ccc1F. The van der Waals surface area contributed by atoms with E-state index in [0.29, 0.717) is 11.4 Å². The van der Waals surface area contributed by atoms with E-state index in [9.17, 15) is 9.18 Å². The van der Waals surface area contributed by atoms with Crippen LogP contribution in [0, 0.1) is 5.82 Å². The molecule has 0 atom stereocenters. The zero-order chi connectivity index (χ0) is 10.6. The lowest BCUT2D eigenvalue weighted by Crippen LogP contribution is -2.00.